The number of rotatable bonds is 3. The first-order chi connectivity index (χ1) is 8.20. The molecule has 1 N–H and O–H groups in total. The molecule has 1 atom stereocenters. The van der Waals surface area contributed by atoms with Crippen LogP contribution < -0.4 is 5.32 Å². The van der Waals surface area contributed by atoms with E-state index in [-0.39, 0.29) is 6.04 Å². The van der Waals surface area contributed by atoms with E-state index in [2.05, 4.69) is 41.4 Å². The highest BCUT2D eigenvalue weighted by molar-refractivity contribution is 7.80. The van der Waals surface area contributed by atoms with Crippen LogP contribution in [0.3, 0.4) is 0 Å². The molecule has 0 aromatic heterocycles. The SMILES string of the molecule is COCC(C)NC(=S)N1Cc2ccccc2C1. The highest BCUT2D eigenvalue weighted by Crippen LogP contribution is 2.22. The zero-order valence-electron chi connectivity index (χ0n) is 10.3. The molecule has 0 saturated heterocycles. The molecule has 1 aromatic carbocycles. The highest BCUT2D eigenvalue weighted by atomic mass is 32.1. The average molecular weight is 250 g/mol. The molecule has 0 radical (unpaired) electrons. The van der Waals surface area contributed by atoms with Gasteiger partial charge < -0.3 is 15.0 Å². The fourth-order valence-electron chi connectivity index (χ4n) is 2.07. The van der Waals surface area contributed by atoms with Gasteiger partial charge in [0.05, 0.1) is 6.61 Å². The summed E-state index contributed by atoms with van der Waals surface area (Å²) in [5, 5.41) is 4.10. The quantitative estimate of drug-likeness (QED) is 0.828. The number of fused-ring (bicyclic) bond motifs is 1. The fourth-order valence-corrected chi connectivity index (χ4v) is 2.40. The molecule has 1 heterocycles. The van der Waals surface area contributed by atoms with Crippen LogP contribution in [-0.4, -0.2) is 29.8 Å². The lowest BCUT2D eigenvalue weighted by atomic mass is 10.1. The number of hydrogen-bond donors (Lipinski definition) is 1. The van der Waals surface area contributed by atoms with Crippen molar-refractivity contribution in [1.29, 1.82) is 0 Å². The van der Waals surface area contributed by atoms with Crippen LogP contribution in [0, 0.1) is 0 Å². The number of thiocarbonyl (C=S) groups is 1. The van der Waals surface area contributed by atoms with Gasteiger partial charge in [-0.2, -0.15) is 0 Å². The van der Waals surface area contributed by atoms with Gasteiger partial charge in [-0.15, -0.1) is 0 Å². The predicted octanol–water partition coefficient (Wildman–Crippen LogP) is 1.91. The van der Waals surface area contributed by atoms with E-state index >= 15 is 0 Å². The van der Waals surface area contributed by atoms with Crippen molar-refractivity contribution in [3.8, 4) is 0 Å². The summed E-state index contributed by atoms with van der Waals surface area (Å²) in [6, 6.07) is 8.72. The van der Waals surface area contributed by atoms with Crippen molar-refractivity contribution in [3.63, 3.8) is 0 Å². The summed E-state index contributed by atoms with van der Waals surface area (Å²) < 4.78 is 5.09. The van der Waals surface area contributed by atoms with E-state index in [0.717, 1.165) is 18.2 Å². The van der Waals surface area contributed by atoms with Gasteiger partial charge in [0.2, 0.25) is 0 Å². The van der Waals surface area contributed by atoms with Crippen molar-refractivity contribution >= 4 is 17.3 Å². The second-order valence-corrected chi connectivity index (χ2v) is 4.82. The van der Waals surface area contributed by atoms with Crippen LogP contribution in [0.25, 0.3) is 0 Å². The van der Waals surface area contributed by atoms with Crippen LogP contribution in [0.2, 0.25) is 0 Å². The van der Waals surface area contributed by atoms with Crippen LogP contribution in [0.15, 0.2) is 24.3 Å². The molecule has 3 nitrogen and oxygen atoms in total. The van der Waals surface area contributed by atoms with Gasteiger partial charge >= 0.3 is 0 Å². The van der Waals surface area contributed by atoms with E-state index in [1.54, 1.807) is 7.11 Å². The Morgan fingerprint density at radius 3 is 2.53 bits per heavy atom. The summed E-state index contributed by atoms with van der Waals surface area (Å²) in [7, 11) is 1.70. The Morgan fingerprint density at radius 2 is 2.00 bits per heavy atom. The maximum absolute atomic E-state index is 5.41. The Bertz CT molecular complexity index is 383. The number of benzene rings is 1. The molecule has 0 saturated carbocycles. The molecular formula is C13H18N2OS. The summed E-state index contributed by atoms with van der Waals surface area (Å²) in [6.07, 6.45) is 0. The van der Waals surface area contributed by atoms with E-state index < -0.39 is 0 Å². The van der Waals surface area contributed by atoms with Gasteiger partial charge in [0.1, 0.15) is 0 Å². The molecule has 1 aliphatic heterocycles. The standard InChI is InChI=1S/C13H18N2OS/c1-10(9-16-2)14-13(17)15-7-11-5-3-4-6-12(11)8-15/h3-6,10H,7-9H2,1-2H3,(H,14,17). The lowest BCUT2D eigenvalue weighted by Gasteiger charge is -2.23. The topological polar surface area (TPSA) is 24.5 Å². The molecule has 0 spiro atoms. The van der Waals surface area contributed by atoms with E-state index in [9.17, 15) is 0 Å². The second kappa shape index (κ2) is 5.47. The number of methoxy groups -OCH3 is 1. The van der Waals surface area contributed by atoms with Gasteiger partial charge in [-0.25, -0.2) is 0 Å². The normalized spacial score (nSPS) is 15.5. The van der Waals surface area contributed by atoms with Crippen molar-refractivity contribution < 1.29 is 4.74 Å². The Labute approximate surface area is 108 Å². The van der Waals surface area contributed by atoms with Crippen LogP contribution in [0.1, 0.15) is 18.1 Å². The van der Waals surface area contributed by atoms with Crippen LogP contribution in [0.5, 0.6) is 0 Å². The first-order valence-electron chi connectivity index (χ1n) is 5.82. The summed E-state index contributed by atoms with van der Waals surface area (Å²) >= 11 is 5.41. The first-order valence-corrected chi connectivity index (χ1v) is 6.22. The number of hydrogen-bond acceptors (Lipinski definition) is 2. The van der Waals surface area contributed by atoms with Gasteiger partial charge in [0.15, 0.2) is 5.11 Å². The minimum atomic E-state index is 0.246. The summed E-state index contributed by atoms with van der Waals surface area (Å²) in [6.45, 7) is 4.55. The Kier molecular flexibility index (Phi) is 3.97. The number of ether oxygens (including phenoxy) is 1. The minimum absolute atomic E-state index is 0.246. The maximum atomic E-state index is 5.41. The largest absolute Gasteiger partial charge is 0.383 e. The molecule has 1 aliphatic rings. The van der Waals surface area contributed by atoms with Gasteiger partial charge in [-0.1, -0.05) is 24.3 Å². The third-order valence-electron chi connectivity index (χ3n) is 2.91. The molecule has 1 unspecified atom stereocenters. The zero-order valence-corrected chi connectivity index (χ0v) is 11.1. The van der Waals surface area contributed by atoms with Crippen molar-refractivity contribution in [2.45, 2.75) is 26.1 Å². The summed E-state index contributed by atoms with van der Waals surface area (Å²) in [5.74, 6) is 0. The average Bonchev–Trinajstić information content (AvgIpc) is 2.72. The molecule has 0 aliphatic carbocycles. The third-order valence-corrected chi connectivity index (χ3v) is 3.29. The molecule has 0 amide bonds. The van der Waals surface area contributed by atoms with Gasteiger partial charge in [-0.05, 0) is 30.3 Å². The van der Waals surface area contributed by atoms with Gasteiger partial charge in [-0.3, -0.25) is 0 Å². The highest BCUT2D eigenvalue weighted by Gasteiger charge is 2.20. The van der Waals surface area contributed by atoms with E-state index in [0.29, 0.717) is 6.61 Å². The molecule has 92 valence electrons. The molecule has 0 fully saturated rings. The monoisotopic (exact) mass is 250 g/mol. The van der Waals surface area contributed by atoms with Crippen molar-refractivity contribution in [3.05, 3.63) is 35.4 Å². The van der Waals surface area contributed by atoms with Crippen LogP contribution in [0.4, 0.5) is 0 Å². The van der Waals surface area contributed by atoms with Gasteiger partial charge in [0, 0.05) is 26.2 Å². The Balaban J connectivity index is 1.92. The zero-order chi connectivity index (χ0) is 12.3. The Hall–Kier alpha value is -1.13. The van der Waals surface area contributed by atoms with E-state index in [4.69, 9.17) is 17.0 Å². The predicted molar refractivity (Wildman–Crippen MR) is 72.8 cm³/mol. The van der Waals surface area contributed by atoms with Gasteiger partial charge in [0.25, 0.3) is 0 Å². The molecule has 4 heteroatoms. The lowest BCUT2D eigenvalue weighted by Crippen LogP contribution is -2.42. The third kappa shape index (κ3) is 2.96. The van der Waals surface area contributed by atoms with E-state index in [1.165, 1.54) is 11.1 Å². The van der Waals surface area contributed by atoms with Crippen molar-refractivity contribution in [2.24, 2.45) is 0 Å². The lowest BCUT2D eigenvalue weighted by molar-refractivity contribution is 0.178. The molecule has 0 bridgehead atoms. The van der Waals surface area contributed by atoms with Crippen LogP contribution in [-0.2, 0) is 17.8 Å². The summed E-state index contributed by atoms with van der Waals surface area (Å²) in [5.41, 5.74) is 2.74. The van der Waals surface area contributed by atoms with Crippen LogP contribution >= 0.6 is 12.2 Å². The molecule has 1 aromatic rings. The summed E-state index contributed by atoms with van der Waals surface area (Å²) in [4.78, 5) is 2.19. The fraction of sp³-hybridized carbons (Fsp3) is 0.462. The van der Waals surface area contributed by atoms with Crippen molar-refractivity contribution in [2.75, 3.05) is 13.7 Å². The smallest absolute Gasteiger partial charge is 0.169 e. The molecule has 17 heavy (non-hydrogen) atoms. The Morgan fingerprint density at radius 1 is 1.41 bits per heavy atom. The minimum Gasteiger partial charge on any atom is -0.383 e. The second-order valence-electron chi connectivity index (χ2n) is 4.43. The van der Waals surface area contributed by atoms with Crippen molar-refractivity contribution in [1.82, 2.24) is 10.2 Å². The number of nitrogens with zero attached hydrogens (tertiary/aromatic N) is 1. The van der Waals surface area contributed by atoms with E-state index in [1.807, 2.05) is 0 Å². The molecule has 2 rings (SSSR count). The maximum Gasteiger partial charge on any atom is 0.169 e. The first kappa shape index (κ1) is 12.3. The number of nitrogens with one attached hydrogen (secondary N) is 1. The molecular weight excluding hydrogens is 232 g/mol.